The van der Waals surface area contributed by atoms with Crippen molar-refractivity contribution in [1.82, 2.24) is 0 Å². The van der Waals surface area contributed by atoms with Crippen LogP contribution in [0.2, 0.25) is 0 Å². The number of allylic oxidation sites excluding steroid dienone is 2. The summed E-state index contributed by atoms with van der Waals surface area (Å²) in [6.45, 7) is 19.9. The Labute approximate surface area is 192 Å². The van der Waals surface area contributed by atoms with Crippen molar-refractivity contribution in [3.63, 3.8) is 0 Å². The number of benzene rings is 2. The molecule has 0 N–H and O–H groups in total. The molecule has 0 unspecified atom stereocenters. The van der Waals surface area contributed by atoms with Crippen molar-refractivity contribution >= 4 is 11.9 Å². The van der Waals surface area contributed by atoms with Crippen molar-refractivity contribution in [3.8, 4) is 17.2 Å². The molecule has 0 saturated carbocycles. The summed E-state index contributed by atoms with van der Waals surface area (Å²) in [6.07, 6.45) is 3.42. The fourth-order valence-electron chi connectivity index (χ4n) is 3.15. The van der Waals surface area contributed by atoms with Gasteiger partial charge in [-0.05, 0) is 82.5 Å². The van der Waals surface area contributed by atoms with E-state index in [1.54, 1.807) is 37.3 Å². The van der Waals surface area contributed by atoms with Crippen LogP contribution in [-0.2, 0) is 5.41 Å². The maximum atomic E-state index is 12.8. The first-order valence-corrected chi connectivity index (χ1v) is 11.0. The highest BCUT2D eigenvalue weighted by Crippen LogP contribution is 2.38. The van der Waals surface area contributed by atoms with Gasteiger partial charge in [0.05, 0.1) is 18.0 Å². The fraction of sp³-hybridized carbons (Fsp3) is 0.393. The highest BCUT2D eigenvalue weighted by atomic mass is 16.5. The van der Waals surface area contributed by atoms with Gasteiger partial charge in [0, 0.05) is 22.8 Å². The molecular weight excluding hydrogens is 400 g/mol. The summed E-state index contributed by atoms with van der Waals surface area (Å²) in [7, 11) is 0. The SMILES string of the molecule is C=C(C)Oc1ccc(C(=O)/C=C/c2cc(C(C)(C)C)c(OC(C)C)cc2OC(C)C)cc1. The minimum absolute atomic E-state index is 0.00824. The Bertz CT molecular complexity index is 974. The van der Waals surface area contributed by atoms with E-state index in [1.165, 1.54) is 0 Å². The molecule has 0 saturated heterocycles. The lowest BCUT2D eigenvalue weighted by Crippen LogP contribution is -2.17. The Balaban J connectivity index is 2.42. The lowest BCUT2D eigenvalue weighted by molar-refractivity contribution is 0.104. The van der Waals surface area contributed by atoms with E-state index >= 15 is 0 Å². The quantitative estimate of drug-likeness (QED) is 0.234. The molecule has 0 atom stereocenters. The first-order valence-electron chi connectivity index (χ1n) is 11.0. The predicted molar refractivity (Wildman–Crippen MR) is 132 cm³/mol. The standard InChI is InChI=1S/C28H36O4/c1-18(2)30-23-13-10-21(11-14-23)25(29)15-12-22-16-24(28(7,8)9)27(32-20(5)6)17-26(22)31-19(3)4/h10-17,19-20H,1H2,2-9H3/b15-12+. The maximum Gasteiger partial charge on any atom is 0.185 e. The molecule has 2 aromatic rings. The van der Waals surface area contributed by atoms with Gasteiger partial charge in [-0.15, -0.1) is 0 Å². The van der Waals surface area contributed by atoms with Crippen LogP contribution in [0.1, 0.15) is 76.9 Å². The fourth-order valence-corrected chi connectivity index (χ4v) is 3.15. The second-order valence-corrected chi connectivity index (χ2v) is 9.50. The molecular formula is C28H36O4. The maximum absolute atomic E-state index is 12.8. The van der Waals surface area contributed by atoms with Crippen molar-refractivity contribution in [1.29, 1.82) is 0 Å². The zero-order valence-corrected chi connectivity index (χ0v) is 20.6. The molecule has 4 nitrogen and oxygen atoms in total. The van der Waals surface area contributed by atoms with E-state index in [0.29, 0.717) is 22.8 Å². The van der Waals surface area contributed by atoms with Gasteiger partial charge in [0.25, 0.3) is 0 Å². The van der Waals surface area contributed by atoms with E-state index in [2.05, 4.69) is 33.4 Å². The van der Waals surface area contributed by atoms with E-state index in [1.807, 2.05) is 39.8 Å². The summed E-state index contributed by atoms with van der Waals surface area (Å²) in [5.41, 5.74) is 2.36. The number of rotatable bonds is 9. The van der Waals surface area contributed by atoms with Crippen molar-refractivity contribution in [2.75, 3.05) is 0 Å². The van der Waals surface area contributed by atoms with Crippen molar-refractivity contribution in [3.05, 3.63) is 71.5 Å². The van der Waals surface area contributed by atoms with Crippen LogP contribution in [0.4, 0.5) is 0 Å². The van der Waals surface area contributed by atoms with E-state index in [-0.39, 0.29) is 23.4 Å². The molecule has 0 heterocycles. The van der Waals surface area contributed by atoms with Crippen LogP contribution in [0, 0.1) is 0 Å². The number of ether oxygens (including phenoxy) is 3. The van der Waals surface area contributed by atoms with E-state index < -0.39 is 0 Å². The van der Waals surface area contributed by atoms with Gasteiger partial charge in [-0.2, -0.15) is 0 Å². The van der Waals surface area contributed by atoms with Crippen LogP contribution in [0.25, 0.3) is 6.08 Å². The van der Waals surface area contributed by atoms with Crippen LogP contribution >= 0.6 is 0 Å². The van der Waals surface area contributed by atoms with Crippen molar-refractivity contribution in [2.24, 2.45) is 0 Å². The first kappa shape index (κ1) is 25.3. The third-order valence-electron chi connectivity index (χ3n) is 4.49. The van der Waals surface area contributed by atoms with Crippen LogP contribution in [0.15, 0.2) is 54.8 Å². The third kappa shape index (κ3) is 7.30. The highest BCUT2D eigenvalue weighted by Gasteiger charge is 2.22. The molecule has 0 aliphatic rings. The summed E-state index contributed by atoms with van der Waals surface area (Å²) in [5, 5.41) is 0. The van der Waals surface area contributed by atoms with Gasteiger partial charge in [-0.3, -0.25) is 4.79 Å². The van der Waals surface area contributed by atoms with E-state index in [0.717, 1.165) is 16.9 Å². The van der Waals surface area contributed by atoms with Gasteiger partial charge in [-0.25, -0.2) is 0 Å². The minimum Gasteiger partial charge on any atom is -0.491 e. The minimum atomic E-state index is -0.133. The summed E-state index contributed by atoms with van der Waals surface area (Å²) in [4.78, 5) is 12.8. The number of ketones is 1. The summed E-state index contributed by atoms with van der Waals surface area (Å²) < 4.78 is 17.6. The molecule has 0 bridgehead atoms. The summed E-state index contributed by atoms with van der Waals surface area (Å²) >= 11 is 0. The van der Waals surface area contributed by atoms with E-state index in [9.17, 15) is 4.79 Å². The van der Waals surface area contributed by atoms with Gasteiger partial charge < -0.3 is 14.2 Å². The number of carbonyl (C=O) groups excluding carboxylic acids is 1. The molecule has 0 aromatic heterocycles. The van der Waals surface area contributed by atoms with Gasteiger partial charge in [0.2, 0.25) is 0 Å². The molecule has 0 spiro atoms. The average Bonchev–Trinajstić information content (AvgIpc) is 2.65. The van der Waals surface area contributed by atoms with Gasteiger partial charge >= 0.3 is 0 Å². The van der Waals surface area contributed by atoms with Crippen LogP contribution < -0.4 is 14.2 Å². The Morgan fingerprint density at radius 3 is 2.00 bits per heavy atom. The Morgan fingerprint density at radius 1 is 0.938 bits per heavy atom. The second kappa shape index (κ2) is 10.5. The Kier molecular flexibility index (Phi) is 8.31. The normalized spacial score (nSPS) is 11.8. The first-order chi connectivity index (χ1) is 14.9. The lowest BCUT2D eigenvalue weighted by atomic mass is 9.85. The van der Waals surface area contributed by atoms with Gasteiger partial charge in [0.15, 0.2) is 5.78 Å². The highest BCUT2D eigenvalue weighted by molar-refractivity contribution is 6.07. The predicted octanol–water partition coefficient (Wildman–Crippen LogP) is 7.37. The van der Waals surface area contributed by atoms with Crippen LogP contribution in [0.5, 0.6) is 17.2 Å². The van der Waals surface area contributed by atoms with Crippen LogP contribution in [-0.4, -0.2) is 18.0 Å². The molecule has 4 heteroatoms. The summed E-state index contributed by atoms with van der Waals surface area (Å²) in [6, 6.07) is 11.0. The molecule has 0 amide bonds. The average molecular weight is 437 g/mol. The smallest absolute Gasteiger partial charge is 0.185 e. The molecule has 0 radical (unpaired) electrons. The van der Waals surface area contributed by atoms with Gasteiger partial charge in [0.1, 0.15) is 17.2 Å². The third-order valence-corrected chi connectivity index (χ3v) is 4.49. The lowest BCUT2D eigenvalue weighted by Gasteiger charge is -2.26. The van der Waals surface area contributed by atoms with Crippen LogP contribution in [0.3, 0.4) is 0 Å². The Hall–Kier alpha value is -3.01. The van der Waals surface area contributed by atoms with E-state index in [4.69, 9.17) is 14.2 Å². The Morgan fingerprint density at radius 2 is 1.50 bits per heavy atom. The molecule has 172 valence electrons. The molecule has 2 aromatic carbocycles. The molecule has 0 aliphatic carbocycles. The molecule has 32 heavy (non-hydrogen) atoms. The van der Waals surface area contributed by atoms with Crippen molar-refractivity contribution < 1.29 is 19.0 Å². The second-order valence-electron chi connectivity index (χ2n) is 9.50. The molecule has 0 aliphatic heterocycles. The summed E-state index contributed by atoms with van der Waals surface area (Å²) in [5.74, 6) is 2.65. The zero-order chi connectivity index (χ0) is 24.1. The number of hydrogen-bond acceptors (Lipinski definition) is 4. The van der Waals surface area contributed by atoms with Crippen molar-refractivity contribution in [2.45, 2.75) is 73.0 Å². The van der Waals surface area contributed by atoms with Gasteiger partial charge in [-0.1, -0.05) is 27.4 Å². The number of carbonyl (C=O) groups is 1. The number of hydrogen-bond donors (Lipinski definition) is 0. The monoisotopic (exact) mass is 436 g/mol. The largest absolute Gasteiger partial charge is 0.491 e. The molecule has 0 fully saturated rings. The topological polar surface area (TPSA) is 44.8 Å². The zero-order valence-electron chi connectivity index (χ0n) is 20.6. The molecule has 2 rings (SSSR count).